The topological polar surface area (TPSA) is 75.3 Å². The van der Waals surface area contributed by atoms with Crippen LogP contribution in [0.1, 0.15) is 31.4 Å². The highest BCUT2D eigenvalue weighted by molar-refractivity contribution is 5.93. The maximum Gasteiger partial charge on any atom is 0.210 e. The van der Waals surface area contributed by atoms with Gasteiger partial charge >= 0.3 is 0 Å². The molecule has 0 amide bonds. The molecule has 0 spiro atoms. The zero-order valence-corrected chi connectivity index (χ0v) is 10.1. The Kier molecular flexibility index (Phi) is 3.93. The van der Waals surface area contributed by atoms with E-state index in [4.69, 9.17) is 5.84 Å². The highest BCUT2D eigenvalue weighted by Crippen LogP contribution is 2.21. The Labute approximate surface area is 102 Å². The minimum Gasteiger partial charge on any atom is -0.324 e. The van der Waals surface area contributed by atoms with Gasteiger partial charge in [-0.05, 0) is 31.9 Å². The molecule has 0 unspecified atom stereocenters. The summed E-state index contributed by atoms with van der Waals surface area (Å²) in [6, 6.07) is 4.24. The number of nitrogens with one attached hydrogen (secondary N) is 2. The van der Waals surface area contributed by atoms with Crippen LogP contribution in [-0.4, -0.2) is 17.0 Å². The number of aryl methyl sites for hydroxylation is 1. The average molecular weight is 233 g/mol. The average Bonchev–Trinajstić information content (AvgIpc) is 2.84. The van der Waals surface area contributed by atoms with Gasteiger partial charge in [0.25, 0.3) is 0 Å². The van der Waals surface area contributed by atoms with Crippen LogP contribution in [0.4, 0.5) is 5.69 Å². The van der Waals surface area contributed by atoms with Gasteiger partial charge in [-0.3, -0.25) is 10.4 Å². The van der Waals surface area contributed by atoms with Crippen molar-refractivity contribution in [3.05, 3.63) is 24.0 Å². The van der Waals surface area contributed by atoms with Crippen molar-refractivity contribution in [2.24, 2.45) is 10.8 Å². The van der Waals surface area contributed by atoms with Crippen molar-refractivity contribution < 1.29 is 0 Å². The highest BCUT2D eigenvalue weighted by Gasteiger charge is 2.14. The molecule has 0 radical (unpaired) electrons. The Morgan fingerprint density at radius 2 is 2.24 bits per heavy atom. The number of pyridine rings is 1. The van der Waals surface area contributed by atoms with Crippen LogP contribution in [0, 0.1) is 6.92 Å². The fraction of sp³-hybridized carbons (Fsp3) is 0.500. The number of hydrogen-bond donors (Lipinski definition) is 3. The highest BCUT2D eigenvalue weighted by atomic mass is 15.3. The Hall–Kier alpha value is -1.62. The summed E-state index contributed by atoms with van der Waals surface area (Å²) >= 11 is 0. The zero-order valence-electron chi connectivity index (χ0n) is 10.1. The zero-order chi connectivity index (χ0) is 12.1. The summed E-state index contributed by atoms with van der Waals surface area (Å²) in [4.78, 5) is 8.78. The van der Waals surface area contributed by atoms with Crippen molar-refractivity contribution in [1.29, 1.82) is 0 Å². The molecule has 0 aromatic carbocycles. The van der Waals surface area contributed by atoms with Gasteiger partial charge < -0.3 is 5.32 Å². The summed E-state index contributed by atoms with van der Waals surface area (Å²) in [5.41, 5.74) is 4.48. The molecule has 0 atom stereocenters. The van der Waals surface area contributed by atoms with Crippen LogP contribution in [0.25, 0.3) is 0 Å². The van der Waals surface area contributed by atoms with Gasteiger partial charge in [-0.25, -0.2) is 10.8 Å². The number of nitrogens with zero attached hydrogens (tertiary/aromatic N) is 2. The molecule has 1 aromatic heterocycles. The minimum atomic E-state index is 0.394. The van der Waals surface area contributed by atoms with E-state index >= 15 is 0 Å². The van der Waals surface area contributed by atoms with Crippen molar-refractivity contribution in [2.45, 2.75) is 38.6 Å². The molecule has 1 fully saturated rings. The number of guanidine groups is 1. The number of nitrogens with two attached hydrogens (primary N) is 1. The van der Waals surface area contributed by atoms with Crippen LogP contribution in [-0.2, 0) is 0 Å². The number of rotatable bonds is 2. The lowest BCUT2D eigenvalue weighted by atomic mass is 10.3. The van der Waals surface area contributed by atoms with Crippen molar-refractivity contribution in [1.82, 2.24) is 10.4 Å². The molecule has 5 nitrogen and oxygen atoms in total. The monoisotopic (exact) mass is 233 g/mol. The Morgan fingerprint density at radius 1 is 1.47 bits per heavy atom. The predicted molar refractivity (Wildman–Crippen MR) is 69.6 cm³/mol. The molecular weight excluding hydrogens is 214 g/mol. The van der Waals surface area contributed by atoms with E-state index in [0.29, 0.717) is 12.0 Å². The summed E-state index contributed by atoms with van der Waals surface area (Å²) in [5.74, 6) is 6.10. The number of aliphatic imine (C=N–C) groups is 1. The summed E-state index contributed by atoms with van der Waals surface area (Å²) < 4.78 is 0. The first-order valence-electron chi connectivity index (χ1n) is 6.02. The van der Waals surface area contributed by atoms with Crippen LogP contribution < -0.4 is 16.6 Å². The maximum absolute atomic E-state index is 5.49. The minimum absolute atomic E-state index is 0.394. The standard InChI is InChI=1S/C12H19N5/c1-9-11(7-4-8-14-9)16-12(17-13)15-10-5-2-3-6-10/h4,7-8,10H,2-3,5-6,13H2,1H3,(H2,15,16,17). The first-order valence-corrected chi connectivity index (χ1v) is 6.02. The van der Waals surface area contributed by atoms with Gasteiger partial charge in [-0.15, -0.1) is 0 Å². The molecule has 1 aliphatic carbocycles. The molecule has 1 aliphatic rings. The summed E-state index contributed by atoms with van der Waals surface area (Å²) in [5, 5.41) is 3.18. The third kappa shape index (κ3) is 3.17. The van der Waals surface area contributed by atoms with Gasteiger partial charge in [0.2, 0.25) is 5.96 Å². The van der Waals surface area contributed by atoms with E-state index in [2.05, 4.69) is 20.7 Å². The van der Waals surface area contributed by atoms with E-state index in [9.17, 15) is 0 Å². The normalized spacial score (nSPS) is 17.2. The lowest BCUT2D eigenvalue weighted by molar-refractivity contribution is 0.700. The van der Waals surface area contributed by atoms with Gasteiger partial charge in [-0.2, -0.15) is 0 Å². The maximum atomic E-state index is 5.49. The first-order chi connectivity index (χ1) is 8.29. The van der Waals surface area contributed by atoms with E-state index in [1.165, 1.54) is 12.8 Å². The Balaban J connectivity index is 2.06. The molecule has 1 heterocycles. The molecule has 0 aliphatic heterocycles. The second kappa shape index (κ2) is 5.63. The van der Waals surface area contributed by atoms with E-state index in [0.717, 1.165) is 24.2 Å². The molecule has 0 saturated heterocycles. The third-order valence-electron chi connectivity index (χ3n) is 3.03. The van der Waals surface area contributed by atoms with Gasteiger partial charge in [0.15, 0.2) is 0 Å². The molecule has 5 heteroatoms. The molecule has 2 rings (SSSR count). The fourth-order valence-corrected chi connectivity index (χ4v) is 2.07. The van der Waals surface area contributed by atoms with Crippen molar-refractivity contribution in [3.8, 4) is 0 Å². The first kappa shape index (κ1) is 11.9. The van der Waals surface area contributed by atoms with Gasteiger partial charge in [-0.1, -0.05) is 12.8 Å². The van der Waals surface area contributed by atoms with Crippen LogP contribution >= 0.6 is 0 Å². The summed E-state index contributed by atoms with van der Waals surface area (Å²) in [6.07, 6.45) is 6.60. The van der Waals surface area contributed by atoms with Crippen molar-refractivity contribution in [3.63, 3.8) is 0 Å². The SMILES string of the molecule is Cc1ncccc1NC(=NC1CCCC1)NN. The number of hydrazine groups is 1. The molecule has 4 N–H and O–H groups in total. The number of hydrogen-bond acceptors (Lipinski definition) is 3. The quantitative estimate of drug-likeness (QED) is 0.314. The molecule has 92 valence electrons. The molecule has 1 aromatic rings. The van der Waals surface area contributed by atoms with Gasteiger partial charge in [0, 0.05) is 6.20 Å². The number of aromatic nitrogens is 1. The summed E-state index contributed by atoms with van der Waals surface area (Å²) in [6.45, 7) is 1.95. The van der Waals surface area contributed by atoms with Crippen LogP contribution in [0.3, 0.4) is 0 Å². The number of anilines is 1. The van der Waals surface area contributed by atoms with Gasteiger partial charge in [0.1, 0.15) is 0 Å². The van der Waals surface area contributed by atoms with E-state index < -0.39 is 0 Å². The van der Waals surface area contributed by atoms with Crippen LogP contribution in [0.2, 0.25) is 0 Å². The summed E-state index contributed by atoms with van der Waals surface area (Å²) in [7, 11) is 0. The Morgan fingerprint density at radius 3 is 2.88 bits per heavy atom. The predicted octanol–water partition coefficient (Wildman–Crippen LogP) is 1.56. The molecule has 17 heavy (non-hydrogen) atoms. The van der Waals surface area contributed by atoms with Crippen LogP contribution in [0.5, 0.6) is 0 Å². The van der Waals surface area contributed by atoms with Gasteiger partial charge in [0.05, 0.1) is 17.4 Å². The fourth-order valence-electron chi connectivity index (χ4n) is 2.07. The van der Waals surface area contributed by atoms with Crippen molar-refractivity contribution >= 4 is 11.6 Å². The molecule has 0 bridgehead atoms. The van der Waals surface area contributed by atoms with Crippen molar-refractivity contribution in [2.75, 3.05) is 5.32 Å². The van der Waals surface area contributed by atoms with E-state index in [1.807, 2.05) is 19.1 Å². The second-order valence-electron chi connectivity index (χ2n) is 4.32. The third-order valence-corrected chi connectivity index (χ3v) is 3.03. The largest absolute Gasteiger partial charge is 0.324 e. The molecular formula is C12H19N5. The Bertz CT molecular complexity index is 396. The van der Waals surface area contributed by atoms with E-state index in [-0.39, 0.29) is 0 Å². The van der Waals surface area contributed by atoms with E-state index in [1.54, 1.807) is 6.20 Å². The lowest BCUT2D eigenvalue weighted by Gasteiger charge is -2.12. The lowest BCUT2D eigenvalue weighted by Crippen LogP contribution is -2.37. The second-order valence-corrected chi connectivity index (χ2v) is 4.32. The molecule has 1 saturated carbocycles. The smallest absolute Gasteiger partial charge is 0.210 e. The van der Waals surface area contributed by atoms with Crippen LogP contribution in [0.15, 0.2) is 23.3 Å².